The predicted octanol–water partition coefficient (Wildman–Crippen LogP) is 5.17. The number of aromatic nitrogens is 1. The highest BCUT2D eigenvalue weighted by Crippen LogP contribution is 2.39. The van der Waals surface area contributed by atoms with Crippen molar-refractivity contribution in [3.8, 4) is 17.1 Å². The van der Waals surface area contributed by atoms with Gasteiger partial charge in [0.2, 0.25) is 0 Å². The molecule has 0 radical (unpaired) electrons. The number of ether oxygens (including phenoxy) is 2. The highest BCUT2D eigenvalue weighted by molar-refractivity contribution is 5.83. The van der Waals surface area contributed by atoms with Gasteiger partial charge in [0, 0.05) is 35.5 Å². The highest BCUT2D eigenvalue weighted by Gasteiger charge is 2.53. The average molecular weight is 405 g/mol. The van der Waals surface area contributed by atoms with Gasteiger partial charge in [-0.2, -0.15) is 13.2 Å². The third-order valence-electron chi connectivity index (χ3n) is 4.38. The van der Waals surface area contributed by atoms with Crippen LogP contribution < -0.4 is 4.74 Å². The Hall–Kier alpha value is -3.29. The molecule has 1 unspecified atom stereocenters. The van der Waals surface area contributed by atoms with Crippen LogP contribution in [0, 0.1) is 5.41 Å². The second kappa shape index (κ2) is 7.98. The smallest absolute Gasteiger partial charge is 0.400 e. The number of pyridine rings is 1. The van der Waals surface area contributed by atoms with Crippen molar-refractivity contribution in [2.75, 3.05) is 13.2 Å². The van der Waals surface area contributed by atoms with Crippen LogP contribution in [0.4, 0.5) is 13.2 Å². The summed E-state index contributed by atoms with van der Waals surface area (Å²) in [4.78, 5) is 15.2. The largest absolute Gasteiger partial charge is 0.492 e. The summed E-state index contributed by atoms with van der Waals surface area (Å²) in [6, 6.07) is 10.2. The van der Waals surface area contributed by atoms with E-state index in [2.05, 4.69) is 16.3 Å². The number of furan rings is 1. The van der Waals surface area contributed by atoms with Crippen molar-refractivity contribution in [1.82, 2.24) is 4.98 Å². The van der Waals surface area contributed by atoms with Crippen LogP contribution >= 0.6 is 0 Å². The molecular formula is C21H18F3NO4. The Morgan fingerprint density at radius 2 is 2.03 bits per heavy atom. The summed E-state index contributed by atoms with van der Waals surface area (Å²) in [6.45, 7) is 2.48. The zero-order chi connectivity index (χ0) is 21.1. The molecule has 0 bridgehead atoms. The Labute approximate surface area is 164 Å². The minimum Gasteiger partial charge on any atom is -0.492 e. The number of benzene rings is 1. The van der Waals surface area contributed by atoms with Crippen LogP contribution in [-0.4, -0.2) is 30.3 Å². The summed E-state index contributed by atoms with van der Waals surface area (Å²) in [6.07, 6.45) is -0.546. The Morgan fingerprint density at radius 1 is 1.24 bits per heavy atom. The quantitative estimate of drug-likeness (QED) is 0.401. The van der Waals surface area contributed by atoms with Crippen LogP contribution in [0.3, 0.4) is 0 Å². The molecule has 0 fully saturated rings. The molecule has 0 amide bonds. The lowest BCUT2D eigenvalue weighted by atomic mass is 9.92. The molecule has 2 aromatic heterocycles. The lowest BCUT2D eigenvalue weighted by Crippen LogP contribution is -2.44. The van der Waals surface area contributed by atoms with Crippen molar-refractivity contribution >= 4 is 16.9 Å². The lowest BCUT2D eigenvalue weighted by Gasteiger charge is -2.31. The van der Waals surface area contributed by atoms with Gasteiger partial charge in [-0.1, -0.05) is 6.58 Å². The first-order valence-corrected chi connectivity index (χ1v) is 8.64. The van der Waals surface area contributed by atoms with E-state index in [1.165, 1.54) is 6.07 Å². The number of nitrogens with zero attached hydrogens (tertiary/aromatic N) is 1. The second-order valence-corrected chi connectivity index (χ2v) is 6.71. The maximum atomic E-state index is 13.5. The molecule has 0 aliphatic heterocycles. The molecular weight excluding hydrogens is 387 g/mol. The number of carbonyl (C=O) groups is 1. The number of esters is 1. The van der Waals surface area contributed by atoms with Gasteiger partial charge in [0.05, 0.1) is 0 Å². The summed E-state index contributed by atoms with van der Waals surface area (Å²) in [5, 5.41) is 0.773. The van der Waals surface area contributed by atoms with Gasteiger partial charge in [-0.05, 0) is 37.3 Å². The van der Waals surface area contributed by atoms with E-state index in [1.807, 2.05) is 12.1 Å². The predicted molar refractivity (Wildman–Crippen MR) is 100 cm³/mol. The molecule has 152 valence electrons. The Balaban J connectivity index is 1.77. The Morgan fingerprint density at radius 3 is 2.69 bits per heavy atom. The van der Waals surface area contributed by atoms with Crippen LogP contribution in [0.1, 0.15) is 6.92 Å². The topological polar surface area (TPSA) is 61.6 Å². The molecule has 29 heavy (non-hydrogen) atoms. The van der Waals surface area contributed by atoms with Crippen molar-refractivity contribution in [3.05, 3.63) is 61.4 Å². The fourth-order valence-electron chi connectivity index (χ4n) is 2.49. The maximum Gasteiger partial charge on any atom is 0.400 e. The van der Waals surface area contributed by atoms with Gasteiger partial charge in [-0.25, -0.2) is 4.79 Å². The van der Waals surface area contributed by atoms with Gasteiger partial charge < -0.3 is 13.9 Å². The summed E-state index contributed by atoms with van der Waals surface area (Å²) in [5.41, 5.74) is -1.14. The number of carbonyl (C=O) groups excluding carboxylic acids is 1. The van der Waals surface area contributed by atoms with Gasteiger partial charge in [-0.15, -0.1) is 0 Å². The molecule has 0 saturated heterocycles. The third kappa shape index (κ3) is 4.59. The summed E-state index contributed by atoms with van der Waals surface area (Å²) in [7, 11) is 0. The van der Waals surface area contributed by atoms with Crippen LogP contribution in [-0.2, 0) is 9.53 Å². The average Bonchev–Trinajstić information content (AvgIpc) is 3.13. The first kappa shape index (κ1) is 20.4. The molecule has 5 nitrogen and oxygen atoms in total. The number of alkyl halides is 3. The fourth-order valence-corrected chi connectivity index (χ4v) is 2.49. The van der Waals surface area contributed by atoms with Crippen LogP contribution in [0.15, 0.2) is 65.9 Å². The van der Waals surface area contributed by atoms with Crippen molar-refractivity contribution in [2.24, 2.45) is 5.41 Å². The molecule has 1 aromatic carbocycles. The molecule has 1 atom stereocenters. The van der Waals surface area contributed by atoms with E-state index in [0.29, 0.717) is 11.3 Å². The number of rotatable bonds is 7. The van der Waals surface area contributed by atoms with E-state index in [9.17, 15) is 18.0 Å². The molecule has 0 saturated carbocycles. The molecule has 2 heterocycles. The SMILES string of the molecule is C=CC(=O)OCC(C)(COc1ccc2cc(-c3cccnc3)oc2c1)C(F)(F)F. The van der Waals surface area contributed by atoms with E-state index in [0.717, 1.165) is 23.9 Å². The van der Waals surface area contributed by atoms with Crippen molar-refractivity contribution in [3.63, 3.8) is 0 Å². The molecule has 0 N–H and O–H groups in total. The van der Waals surface area contributed by atoms with Gasteiger partial charge in [0.15, 0.2) is 0 Å². The normalized spacial score (nSPS) is 13.7. The van der Waals surface area contributed by atoms with Crippen molar-refractivity contribution in [2.45, 2.75) is 13.1 Å². The monoisotopic (exact) mass is 405 g/mol. The molecule has 0 aliphatic rings. The molecule has 0 spiro atoms. The third-order valence-corrected chi connectivity index (χ3v) is 4.38. The summed E-state index contributed by atoms with van der Waals surface area (Å²) in [5.74, 6) is -0.141. The minimum absolute atomic E-state index is 0.204. The molecule has 0 aliphatic carbocycles. The number of hydrogen-bond donors (Lipinski definition) is 0. The van der Waals surface area contributed by atoms with E-state index in [4.69, 9.17) is 9.15 Å². The van der Waals surface area contributed by atoms with Crippen LogP contribution in [0.2, 0.25) is 0 Å². The van der Waals surface area contributed by atoms with Crippen molar-refractivity contribution < 1.29 is 31.9 Å². The van der Waals surface area contributed by atoms with Gasteiger partial charge in [0.1, 0.15) is 35.7 Å². The summed E-state index contributed by atoms with van der Waals surface area (Å²) < 4.78 is 56.2. The van der Waals surface area contributed by atoms with Gasteiger partial charge >= 0.3 is 12.1 Å². The summed E-state index contributed by atoms with van der Waals surface area (Å²) >= 11 is 0. The Bertz CT molecular complexity index is 1010. The van der Waals surface area contributed by atoms with Crippen molar-refractivity contribution in [1.29, 1.82) is 0 Å². The number of hydrogen-bond acceptors (Lipinski definition) is 5. The van der Waals surface area contributed by atoms with E-state index >= 15 is 0 Å². The van der Waals surface area contributed by atoms with Gasteiger partial charge in [0.25, 0.3) is 0 Å². The second-order valence-electron chi connectivity index (χ2n) is 6.71. The zero-order valence-corrected chi connectivity index (χ0v) is 15.5. The maximum absolute atomic E-state index is 13.5. The number of halogens is 3. The standard InChI is InChI=1S/C21H18F3NO4/c1-3-19(26)28-13-20(2,21(22,23)24)12-27-16-7-6-14-9-17(29-18(14)10-16)15-5-4-8-25-11-15/h3-11H,1,12-13H2,2H3. The minimum atomic E-state index is -4.64. The van der Waals surface area contributed by atoms with E-state index in [-0.39, 0.29) is 5.75 Å². The molecule has 8 heteroatoms. The first-order chi connectivity index (χ1) is 13.7. The van der Waals surface area contributed by atoms with E-state index in [1.54, 1.807) is 30.6 Å². The zero-order valence-electron chi connectivity index (χ0n) is 15.5. The van der Waals surface area contributed by atoms with E-state index < -0.39 is 30.8 Å². The first-order valence-electron chi connectivity index (χ1n) is 8.64. The molecule has 3 rings (SSSR count). The number of fused-ring (bicyclic) bond motifs is 1. The molecule has 3 aromatic rings. The highest BCUT2D eigenvalue weighted by atomic mass is 19.4. The Kier molecular flexibility index (Phi) is 5.63. The van der Waals surface area contributed by atoms with Gasteiger partial charge in [-0.3, -0.25) is 4.98 Å². The van der Waals surface area contributed by atoms with Crippen LogP contribution in [0.25, 0.3) is 22.3 Å². The fraction of sp³-hybridized carbons (Fsp3) is 0.238. The van der Waals surface area contributed by atoms with Crippen LogP contribution in [0.5, 0.6) is 5.75 Å². The lowest BCUT2D eigenvalue weighted by molar-refractivity contribution is -0.240.